The van der Waals surface area contributed by atoms with E-state index in [1.807, 2.05) is 24.3 Å². The average molecular weight is 315 g/mol. The number of hydrogen-bond acceptors (Lipinski definition) is 5. The molecule has 3 rings (SSSR count). The molecule has 0 radical (unpaired) electrons. The summed E-state index contributed by atoms with van der Waals surface area (Å²) >= 11 is 0. The molecule has 1 heterocycles. The van der Waals surface area contributed by atoms with E-state index in [9.17, 15) is 5.11 Å². The van der Waals surface area contributed by atoms with E-state index in [1.165, 1.54) is 37.7 Å². The largest absolute Gasteiger partial charge is 0.395 e. The number of nitrogens with zero attached hydrogens (tertiary/aromatic N) is 3. The second-order valence-corrected chi connectivity index (χ2v) is 6.36. The standard InChI is InChI=1S/C18H25N3O2/c1-14-7-9-15(10-8-14)18-19-17(23-20-18)13-21(11-12-22)16-5-3-2-4-6-16/h7-10,16,22H,2-6,11-13H2,1H3. The van der Waals surface area contributed by atoms with Gasteiger partial charge < -0.3 is 9.63 Å². The summed E-state index contributed by atoms with van der Waals surface area (Å²) in [6, 6.07) is 8.63. The van der Waals surface area contributed by atoms with Gasteiger partial charge in [-0.1, -0.05) is 54.2 Å². The van der Waals surface area contributed by atoms with Crippen LogP contribution < -0.4 is 0 Å². The van der Waals surface area contributed by atoms with Gasteiger partial charge in [-0.05, 0) is 19.8 Å². The monoisotopic (exact) mass is 315 g/mol. The molecule has 1 saturated carbocycles. The molecule has 2 aromatic rings. The number of aliphatic hydroxyl groups is 1. The van der Waals surface area contributed by atoms with Crippen molar-refractivity contribution in [2.45, 2.75) is 51.6 Å². The first kappa shape index (κ1) is 16.1. The zero-order valence-electron chi connectivity index (χ0n) is 13.7. The minimum Gasteiger partial charge on any atom is -0.395 e. The van der Waals surface area contributed by atoms with Crippen molar-refractivity contribution >= 4 is 0 Å². The van der Waals surface area contributed by atoms with Crippen LogP contribution in [0.15, 0.2) is 28.8 Å². The van der Waals surface area contributed by atoms with Crippen molar-refractivity contribution in [2.24, 2.45) is 0 Å². The maximum atomic E-state index is 9.35. The first-order valence-corrected chi connectivity index (χ1v) is 8.51. The summed E-state index contributed by atoms with van der Waals surface area (Å²) in [4.78, 5) is 6.81. The first-order valence-electron chi connectivity index (χ1n) is 8.51. The summed E-state index contributed by atoms with van der Waals surface area (Å²) in [5.41, 5.74) is 2.18. The molecule has 124 valence electrons. The Labute approximate surface area is 137 Å². The van der Waals surface area contributed by atoms with Crippen LogP contribution >= 0.6 is 0 Å². The third kappa shape index (κ3) is 4.18. The summed E-state index contributed by atoms with van der Waals surface area (Å²) in [6.07, 6.45) is 6.25. The van der Waals surface area contributed by atoms with E-state index in [4.69, 9.17) is 4.52 Å². The Kier molecular flexibility index (Phi) is 5.41. The van der Waals surface area contributed by atoms with Crippen LogP contribution in [0.2, 0.25) is 0 Å². The molecule has 0 unspecified atom stereocenters. The van der Waals surface area contributed by atoms with Gasteiger partial charge in [-0.25, -0.2) is 0 Å². The Balaban J connectivity index is 1.69. The molecule has 1 aliphatic carbocycles. The highest BCUT2D eigenvalue weighted by Gasteiger charge is 2.23. The third-order valence-electron chi connectivity index (χ3n) is 4.59. The van der Waals surface area contributed by atoms with Crippen molar-refractivity contribution in [1.82, 2.24) is 15.0 Å². The van der Waals surface area contributed by atoms with Crippen molar-refractivity contribution in [2.75, 3.05) is 13.2 Å². The van der Waals surface area contributed by atoms with E-state index in [0.29, 0.717) is 30.8 Å². The van der Waals surface area contributed by atoms with Crippen LogP contribution in [0.25, 0.3) is 11.4 Å². The molecule has 1 aromatic heterocycles. The van der Waals surface area contributed by atoms with Crippen LogP contribution in [-0.4, -0.2) is 39.3 Å². The van der Waals surface area contributed by atoms with Gasteiger partial charge >= 0.3 is 0 Å². The second kappa shape index (κ2) is 7.70. The van der Waals surface area contributed by atoms with Gasteiger partial charge in [0.15, 0.2) is 0 Å². The topological polar surface area (TPSA) is 62.4 Å². The van der Waals surface area contributed by atoms with Crippen molar-refractivity contribution < 1.29 is 9.63 Å². The predicted molar refractivity (Wildman–Crippen MR) is 88.8 cm³/mol. The van der Waals surface area contributed by atoms with Crippen LogP contribution in [0.4, 0.5) is 0 Å². The van der Waals surface area contributed by atoms with Crippen molar-refractivity contribution in [1.29, 1.82) is 0 Å². The molecule has 0 spiro atoms. The SMILES string of the molecule is Cc1ccc(-c2noc(CN(CCO)C3CCCCC3)n2)cc1. The predicted octanol–water partition coefficient (Wildman–Crippen LogP) is 3.17. The highest BCUT2D eigenvalue weighted by Crippen LogP contribution is 2.24. The fourth-order valence-corrected chi connectivity index (χ4v) is 3.28. The summed E-state index contributed by atoms with van der Waals surface area (Å²) in [5.74, 6) is 1.26. The van der Waals surface area contributed by atoms with Crippen LogP contribution in [0.3, 0.4) is 0 Å². The van der Waals surface area contributed by atoms with Gasteiger partial charge in [0.2, 0.25) is 11.7 Å². The Bertz CT molecular complexity index is 603. The lowest BCUT2D eigenvalue weighted by atomic mass is 9.94. The Hall–Kier alpha value is -1.72. The lowest BCUT2D eigenvalue weighted by Crippen LogP contribution is -2.38. The van der Waals surface area contributed by atoms with Gasteiger partial charge in [0.1, 0.15) is 0 Å². The van der Waals surface area contributed by atoms with E-state index in [2.05, 4.69) is 22.0 Å². The van der Waals surface area contributed by atoms with Crippen LogP contribution in [0.5, 0.6) is 0 Å². The molecule has 5 nitrogen and oxygen atoms in total. The van der Waals surface area contributed by atoms with Crippen molar-refractivity contribution in [3.63, 3.8) is 0 Å². The number of benzene rings is 1. The van der Waals surface area contributed by atoms with E-state index < -0.39 is 0 Å². The molecule has 1 N–H and O–H groups in total. The fraction of sp³-hybridized carbons (Fsp3) is 0.556. The number of hydrogen-bond donors (Lipinski definition) is 1. The molecule has 1 aromatic carbocycles. The lowest BCUT2D eigenvalue weighted by molar-refractivity contribution is 0.105. The Morgan fingerprint density at radius 2 is 1.91 bits per heavy atom. The average Bonchev–Trinajstić information content (AvgIpc) is 3.04. The molecule has 0 aliphatic heterocycles. The third-order valence-corrected chi connectivity index (χ3v) is 4.59. The molecule has 1 aliphatic rings. The molecule has 0 bridgehead atoms. The highest BCUT2D eigenvalue weighted by molar-refractivity contribution is 5.54. The minimum atomic E-state index is 0.162. The smallest absolute Gasteiger partial charge is 0.241 e. The number of rotatable bonds is 6. The van der Waals surface area contributed by atoms with E-state index in [1.54, 1.807) is 0 Å². The summed E-state index contributed by atoms with van der Waals surface area (Å²) in [5, 5.41) is 13.4. The molecule has 0 saturated heterocycles. The van der Waals surface area contributed by atoms with E-state index >= 15 is 0 Å². The quantitative estimate of drug-likeness (QED) is 0.887. The molecular formula is C18H25N3O2. The summed E-state index contributed by atoms with van der Waals surface area (Å²) in [7, 11) is 0. The van der Waals surface area contributed by atoms with Crippen molar-refractivity contribution in [3.05, 3.63) is 35.7 Å². The lowest BCUT2D eigenvalue weighted by Gasteiger charge is -2.32. The van der Waals surface area contributed by atoms with E-state index in [0.717, 1.165) is 5.56 Å². The van der Waals surface area contributed by atoms with Crippen LogP contribution in [-0.2, 0) is 6.54 Å². The molecular weight excluding hydrogens is 290 g/mol. The fourth-order valence-electron chi connectivity index (χ4n) is 3.28. The Morgan fingerprint density at radius 1 is 1.17 bits per heavy atom. The zero-order valence-corrected chi connectivity index (χ0v) is 13.7. The zero-order chi connectivity index (χ0) is 16.1. The summed E-state index contributed by atoms with van der Waals surface area (Å²) < 4.78 is 5.43. The highest BCUT2D eigenvalue weighted by atomic mass is 16.5. The molecule has 0 amide bonds. The first-order chi connectivity index (χ1) is 11.3. The molecule has 0 atom stereocenters. The number of aliphatic hydroxyl groups excluding tert-OH is 1. The van der Waals surface area contributed by atoms with Crippen LogP contribution in [0.1, 0.15) is 43.6 Å². The molecule has 1 fully saturated rings. The van der Waals surface area contributed by atoms with Gasteiger partial charge in [-0.2, -0.15) is 4.98 Å². The van der Waals surface area contributed by atoms with Gasteiger partial charge in [-0.15, -0.1) is 0 Å². The molecule has 23 heavy (non-hydrogen) atoms. The van der Waals surface area contributed by atoms with Gasteiger partial charge in [0.25, 0.3) is 0 Å². The number of aryl methyl sites for hydroxylation is 1. The maximum absolute atomic E-state index is 9.35. The summed E-state index contributed by atoms with van der Waals surface area (Å²) in [6.45, 7) is 3.49. The normalized spacial score (nSPS) is 16.1. The van der Waals surface area contributed by atoms with Gasteiger partial charge in [0, 0.05) is 18.2 Å². The number of aromatic nitrogens is 2. The van der Waals surface area contributed by atoms with Gasteiger partial charge in [0.05, 0.1) is 13.2 Å². The molecule has 5 heteroatoms. The van der Waals surface area contributed by atoms with E-state index in [-0.39, 0.29) is 6.61 Å². The maximum Gasteiger partial charge on any atom is 0.241 e. The van der Waals surface area contributed by atoms with Crippen LogP contribution in [0, 0.1) is 6.92 Å². The second-order valence-electron chi connectivity index (χ2n) is 6.36. The van der Waals surface area contributed by atoms with Gasteiger partial charge in [-0.3, -0.25) is 4.90 Å². The Morgan fingerprint density at radius 3 is 2.61 bits per heavy atom. The minimum absolute atomic E-state index is 0.162. The van der Waals surface area contributed by atoms with Crippen molar-refractivity contribution in [3.8, 4) is 11.4 Å².